The molecule has 3 N–H and O–H groups in total. The van der Waals surface area contributed by atoms with Crippen LogP contribution in [-0.2, 0) is 17.4 Å². The lowest BCUT2D eigenvalue weighted by Gasteiger charge is -2.19. The van der Waals surface area contributed by atoms with Gasteiger partial charge in [0.25, 0.3) is 0 Å². The van der Waals surface area contributed by atoms with E-state index in [2.05, 4.69) is 5.32 Å². The van der Waals surface area contributed by atoms with Crippen molar-refractivity contribution in [1.82, 2.24) is 5.32 Å². The van der Waals surface area contributed by atoms with E-state index in [0.717, 1.165) is 6.07 Å². The largest absolute Gasteiger partial charge is 0.497 e. The Morgan fingerprint density at radius 1 is 1.10 bits per heavy atom. The van der Waals surface area contributed by atoms with E-state index in [4.69, 9.17) is 4.74 Å². The molecule has 0 heterocycles. The van der Waals surface area contributed by atoms with Crippen LogP contribution in [0.5, 0.6) is 5.75 Å². The molecule has 0 aliphatic rings. The van der Waals surface area contributed by atoms with Crippen LogP contribution >= 0.6 is 0 Å². The van der Waals surface area contributed by atoms with E-state index in [-0.39, 0.29) is 30.6 Å². The van der Waals surface area contributed by atoms with Crippen molar-refractivity contribution in [3.63, 3.8) is 0 Å². The summed E-state index contributed by atoms with van der Waals surface area (Å²) < 4.78 is 56.9. The van der Waals surface area contributed by atoms with Gasteiger partial charge in [-0.15, -0.1) is 0 Å². The van der Waals surface area contributed by atoms with E-state index < -0.39 is 36.5 Å². The third-order valence-electron chi connectivity index (χ3n) is 4.49. The molecule has 1 atom stereocenters. The molecule has 0 radical (unpaired) electrons. The van der Waals surface area contributed by atoms with Gasteiger partial charge in [-0.3, -0.25) is 9.59 Å². The average molecular weight is 441 g/mol. The summed E-state index contributed by atoms with van der Waals surface area (Å²) in [5.41, 5.74) is -1.19. The van der Waals surface area contributed by atoms with Gasteiger partial charge in [0.1, 0.15) is 11.6 Å². The summed E-state index contributed by atoms with van der Waals surface area (Å²) in [6.45, 7) is 0. The number of nitrogens with one attached hydrogen (secondary N) is 1. The second-order valence-corrected chi connectivity index (χ2v) is 6.76. The van der Waals surface area contributed by atoms with E-state index in [9.17, 15) is 37.2 Å². The normalized spacial score (nSPS) is 12.2. The van der Waals surface area contributed by atoms with E-state index >= 15 is 0 Å². The number of methoxy groups -OCH3 is 1. The molecule has 0 aromatic heterocycles. The molecule has 6 nitrogen and oxygen atoms in total. The van der Waals surface area contributed by atoms with Gasteiger partial charge in [0, 0.05) is 18.4 Å². The van der Waals surface area contributed by atoms with Gasteiger partial charge in [-0.25, -0.2) is 4.39 Å². The zero-order chi connectivity index (χ0) is 23.2. The Labute approximate surface area is 176 Å². The van der Waals surface area contributed by atoms with Crippen LogP contribution in [0.15, 0.2) is 42.5 Å². The van der Waals surface area contributed by atoms with Crippen molar-refractivity contribution < 1.29 is 41.9 Å². The molecule has 0 saturated heterocycles. The maximum Gasteiger partial charge on any atom is 0.475 e. The number of Topliss-reactive ketones (excluding diaryl/α,β-unsaturated/α-hetero) is 1. The second kappa shape index (κ2) is 10.4. The first-order chi connectivity index (χ1) is 14.5. The summed E-state index contributed by atoms with van der Waals surface area (Å²) in [5.74, 6) is -3.28. The Hall–Kier alpha value is -2.92. The molecule has 11 heteroatoms. The highest BCUT2D eigenvalue weighted by Crippen LogP contribution is 2.32. The van der Waals surface area contributed by atoms with Crippen molar-refractivity contribution >= 4 is 18.8 Å². The predicted octanol–water partition coefficient (Wildman–Crippen LogP) is 2.56. The van der Waals surface area contributed by atoms with Crippen molar-refractivity contribution in [2.45, 2.75) is 31.4 Å². The number of carbonyl (C=O) groups excluding carboxylic acids is 2. The number of carbonyl (C=O) groups is 2. The highest BCUT2D eigenvalue weighted by Gasteiger charge is 2.35. The van der Waals surface area contributed by atoms with Crippen molar-refractivity contribution in [2.75, 3.05) is 7.11 Å². The Balaban J connectivity index is 1.98. The van der Waals surface area contributed by atoms with Crippen LogP contribution in [0, 0.1) is 5.82 Å². The smallest absolute Gasteiger partial charge is 0.475 e. The minimum atomic E-state index is -4.92. The summed E-state index contributed by atoms with van der Waals surface area (Å²) in [4.78, 5) is 24.3. The number of amides is 1. The Morgan fingerprint density at radius 2 is 1.74 bits per heavy atom. The quantitative estimate of drug-likeness (QED) is 0.316. The third-order valence-corrected chi connectivity index (χ3v) is 4.49. The van der Waals surface area contributed by atoms with Gasteiger partial charge in [0.05, 0.1) is 18.6 Å². The Kier molecular flexibility index (Phi) is 8.17. The fourth-order valence-corrected chi connectivity index (χ4v) is 2.83. The molecule has 0 bridgehead atoms. The lowest BCUT2D eigenvalue weighted by atomic mass is 9.75. The van der Waals surface area contributed by atoms with Crippen LogP contribution in [0.2, 0.25) is 0 Å². The van der Waals surface area contributed by atoms with Crippen molar-refractivity contribution in [3.05, 3.63) is 65.0 Å². The summed E-state index contributed by atoms with van der Waals surface area (Å²) in [5, 5.41) is 21.2. The van der Waals surface area contributed by atoms with E-state index in [1.165, 1.54) is 19.2 Å². The maximum atomic E-state index is 13.4. The van der Waals surface area contributed by atoms with Gasteiger partial charge >= 0.3 is 13.3 Å². The zero-order valence-electron chi connectivity index (χ0n) is 16.4. The molecule has 31 heavy (non-hydrogen) atoms. The first kappa shape index (κ1) is 24.4. The van der Waals surface area contributed by atoms with Crippen LogP contribution < -0.4 is 10.1 Å². The van der Waals surface area contributed by atoms with Crippen molar-refractivity contribution in [3.8, 4) is 5.75 Å². The van der Waals surface area contributed by atoms with Crippen LogP contribution in [-0.4, -0.2) is 41.9 Å². The first-order valence-electron chi connectivity index (χ1n) is 9.19. The van der Waals surface area contributed by atoms with Crippen LogP contribution in [0.4, 0.5) is 17.6 Å². The molecule has 0 aliphatic carbocycles. The molecule has 2 aromatic rings. The average Bonchev–Trinajstić information content (AvgIpc) is 2.72. The topological polar surface area (TPSA) is 95.9 Å². The number of alkyl halides is 3. The van der Waals surface area contributed by atoms with Gasteiger partial charge in [-0.05, 0) is 48.4 Å². The van der Waals surface area contributed by atoms with Gasteiger partial charge < -0.3 is 20.1 Å². The summed E-state index contributed by atoms with van der Waals surface area (Å²) in [6, 6.07) is 8.46. The summed E-state index contributed by atoms with van der Waals surface area (Å²) in [6.07, 6.45) is -5.75. The molecular formula is C20H20BF4NO5. The maximum absolute atomic E-state index is 13.4. The van der Waals surface area contributed by atoms with E-state index in [0.29, 0.717) is 23.4 Å². The fraction of sp³-hybridized carbons (Fsp3) is 0.300. The molecule has 0 fully saturated rings. The second-order valence-electron chi connectivity index (χ2n) is 6.76. The molecule has 166 valence electrons. The minimum absolute atomic E-state index is 0.0542. The lowest BCUT2D eigenvalue weighted by Crippen LogP contribution is -2.48. The predicted molar refractivity (Wildman–Crippen MR) is 104 cm³/mol. The number of benzene rings is 2. The van der Waals surface area contributed by atoms with Gasteiger partial charge in [-0.1, -0.05) is 6.07 Å². The van der Waals surface area contributed by atoms with E-state index in [1.807, 2.05) is 0 Å². The minimum Gasteiger partial charge on any atom is -0.497 e. The van der Waals surface area contributed by atoms with Crippen LogP contribution in [0.3, 0.4) is 0 Å². The molecule has 0 spiro atoms. The lowest BCUT2D eigenvalue weighted by molar-refractivity contribution is -0.140. The molecule has 2 rings (SSSR count). The highest BCUT2D eigenvalue weighted by atomic mass is 19.4. The Bertz CT molecular complexity index is 919. The number of rotatable bonds is 9. The molecule has 0 saturated carbocycles. The molecule has 0 unspecified atom stereocenters. The van der Waals surface area contributed by atoms with Crippen LogP contribution in [0.25, 0.3) is 0 Å². The van der Waals surface area contributed by atoms with Gasteiger partial charge in [0.15, 0.2) is 5.78 Å². The molecule has 1 amide bonds. The first-order valence-corrected chi connectivity index (χ1v) is 9.19. The standard InChI is InChI=1S/C20H20BF4NO5/c1-31-14-5-3-13(4-6-14)17(27)8-9-19(28)26-18(21(29)30)11-12-2-7-16(22)15(10-12)20(23,24)25/h2-7,10,18,29-30H,8-9,11H2,1H3,(H,26,28)/t18-/m0/s1. The Morgan fingerprint density at radius 3 is 2.29 bits per heavy atom. The number of hydrogen-bond donors (Lipinski definition) is 3. The fourth-order valence-electron chi connectivity index (χ4n) is 2.83. The molecular weight excluding hydrogens is 421 g/mol. The summed E-state index contributed by atoms with van der Waals surface area (Å²) >= 11 is 0. The number of ether oxygens (including phenoxy) is 1. The third kappa shape index (κ3) is 7.07. The number of ketones is 1. The number of halogens is 4. The van der Waals surface area contributed by atoms with Gasteiger partial charge in [-0.2, -0.15) is 13.2 Å². The number of hydrogen-bond acceptors (Lipinski definition) is 5. The zero-order valence-corrected chi connectivity index (χ0v) is 16.4. The van der Waals surface area contributed by atoms with Crippen molar-refractivity contribution in [2.24, 2.45) is 0 Å². The highest BCUT2D eigenvalue weighted by molar-refractivity contribution is 6.43. The van der Waals surface area contributed by atoms with Crippen molar-refractivity contribution in [1.29, 1.82) is 0 Å². The van der Waals surface area contributed by atoms with Crippen LogP contribution in [0.1, 0.15) is 34.3 Å². The SMILES string of the molecule is COc1ccc(C(=O)CCC(=O)N[C@@H](Cc2ccc(F)c(C(F)(F)F)c2)B(O)O)cc1. The van der Waals surface area contributed by atoms with Gasteiger partial charge in [0.2, 0.25) is 5.91 Å². The summed E-state index contributed by atoms with van der Waals surface area (Å²) in [7, 11) is -0.608. The molecule has 2 aromatic carbocycles. The molecule has 0 aliphatic heterocycles. The van der Waals surface area contributed by atoms with E-state index in [1.54, 1.807) is 12.1 Å². The monoisotopic (exact) mass is 441 g/mol.